The van der Waals surface area contributed by atoms with Crippen LogP contribution in [-0.4, -0.2) is 41.2 Å². The third kappa shape index (κ3) is 6.14. The first-order valence-electron chi connectivity index (χ1n) is 12.1. The Balaban J connectivity index is 1.50. The number of hydrogen-bond donors (Lipinski definition) is 3. The van der Waals surface area contributed by atoms with Crippen molar-refractivity contribution in [2.45, 2.75) is 30.7 Å². The molecule has 0 radical (unpaired) electrons. The highest BCUT2D eigenvalue weighted by molar-refractivity contribution is 7.92. The van der Waals surface area contributed by atoms with Crippen molar-refractivity contribution in [1.82, 2.24) is 20.2 Å². The average molecular weight is 580 g/mol. The molecule has 13 heteroatoms. The van der Waals surface area contributed by atoms with Gasteiger partial charge in [0.2, 0.25) is 11.8 Å². The minimum Gasteiger partial charge on any atom is -0.497 e. The van der Waals surface area contributed by atoms with Gasteiger partial charge in [0.15, 0.2) is 11.6 Å². The third-order valence-corrected chi connectivity index (χ3v) is 7.36. The van der Waals surface area contributed by atoms with Gasteiger partial charge in [0.25, 0.3) is 10.0 Å². The van der Waals surface area contributed by atoms with E-state index < -0.39 is 15.6 Å². The lowest BCUT2D eigenvalue weighted by Crippen LogP contribution is -2.34. The van der Waals surface area contributed by atoms with Gasteiger partial charge in [0, 0.05) is 23.6 Å². The molecule has 0 unspecified atom stereocenters. The Labute approximate surface area is 235 Å². The lowest BCUT2D eigenvalue weighted by atomic mass is 10.0. The molecule has 0 aliphatic rings. The van der Waals surface area contributed by atoms with Crippen molar-refractivity contribution in [3.05, 3.63) is 77.6 Å². The molecule has 5 aromatic rings. The standard InChI is InChI=1S/C27H26ClN7O4S/c1-27(2,29)15-23-33-34-26(39-23)16-7-6-8-18(13-16)40(36,37)35-25-24(30-20-9-4-5-10-21(20)31-25)32-22-14-17(38-3)11-12-19(22)28/h4-14H,15,29H2,1-3H3,(H,30,32)(H,31,35). The molecule has 206 valence electrons. The lowest BCUT2D eigenvalue weighted by molar-refractivity contribution is 0.415. The van der Waals surface area contributed by atoms with E-state index in [1.54, 1.807) is 48.5 Å². The van der Waals surface area contributed by atoms with E-state index in [0.717, 1.165) is 0 Å². The number of methoxy groups -OCH3 is 1. The van der Waals surface area contributed by atoms with Gasteiger partial charge in [-0.25, -0.2) is 18.4 Å². The summed E-state index contributed by atoms with van der Waals surface area (Å²) in [5.41, 5.74) is 7.45. The maximum absolute atomic E-state index is 13.6. The first-order valence-corrected chi connectivity index (χ1v) is 14.0. The lowest BCUT2D eigenvalue weighted by Gasteiger charge is -2.15. The molecular formula is C27H26ClN7O4S. The van der Waals surface area contributed by atoms with Crippen LogP contribution in [0.1, 0.15) is 19.7 Å². The molecule has 0 aliphatic heterocycles. The summed E-state index contributed by atoms with van der Waals surface area (Å²) in [6, 6.07) is 18.3. The van der Waals surface area contributed by atoms with Gasteiger partial charge in [-0.15, -0.1) is 10.2 Å². The average Bonchev–Trinajstić information content (AvgIpc) is 3.37. The highest BCUT2D eigenvalue weighted by Gasteiger charge is 2.22. The zero-order chi connectivity index (χ0) is 28.5. The predicted molar refractivity (Wildman–Crippen MR) is 153 cm³/mol. The molecule has 5 rings (SSSR count). The van der Waals surface area contributed by atoms with E-state index in [1.807, 2.05) is 19.9 Å². The van der Waals surface area contributed by atoms with Crippen LogP contribution >= 0.6 is 11.6 Å². The number of ether oxygens (including phenoxy) is 1. The van der Waals surface area contributed by atoms with Crippen molar-refractivity contribution in [1.29, 1.82) is 0 Å². The smallest absolute Gasteiger partial charge is 0.263 e. The molecule has 40 heavy (non-hydrogen) atoms. The van der Waals surface area contributed by atoms with Gasteiger partial charge < -0.3 is 20.2 Å². The molecule has 11 nitrogen and oxygen atoms in total. The molecular weight excluding hydrogens is 554 g/mol. The summed E-state index contributed by atoms with van der Waals surface area (Å²) >= 11 is 6.38. The zero-order valence-electron chi connectivity index (χ0n) is 21.8. The second-order valence-electron chi connectivity index (χ2n) is 9.68. The largest absolute Gasteiger partial charge is 0.497 e. The molecule has 0 atom stereocenters. The summed E-state index contributed by atoms with van der Waals surface area (Å²) < 4.78 is 40.7. The summed E-state index contributed by atoms with van der Waals surface area (Å²) in [6.45, 7) is 3.69. The number of fused-ring (bicyclic) bond motifs is 1. The highest BCUT2D eigenvalue weighted by atomic mass is 35.5. The first-order chi connectivity index (χ1) is 19.0. The monoisotopic (exact) mass is 579 g/mol. The fraction of sp³-hybridized carbons (Fsp3) is 0.185. The number of halogens is 1. The van der Waals surface area contributed by atoms with Crippen LogP contribution in [-0.2, 0) is 16.4 Å². The number of aromatic nitrogens is 4. The first kappa shape index (κ1) is 27.3. The second-order valence-corrected chi connectivity index (χ2v) is 11.8. The molecule has 2 heterocycles. The Kier molecular flexibility index (Phi) is 7.32. The van der Waals surface area contributed by atoms with E-state index in [0.29, 0.717) is 45.4 Å². The predicted octanol–water partition coefficient (Wildman–Crippen LogP) is 5.17. The second kappa shape index (κ2) is 10.7. The third-order valence-electron chi connectivity index (χ3n) is 5.69. The fourth-order valence-electron chi connectivity index (χ4n) is 3.83. The minimum atomic E-state index is -4.13. The van der Waals surface area contributed by atoms with Crippen molar-refractivity contribution in [3.63, 3.8) is 0 Å². The summed E-state index contributed by atoms with van der Waals surface area (Å²) in [5.74, 6) is 1.22. The van der Waals surface area contributed by atoms with Gasteiger partial charge in [-0.05, 0) is 56.3 Å². The maximum Gasteiger partial charge on any atom is 0.263 e. The summed E-state index contributed by atoms with van der Waals surface area (Å²) in [5, 5.41) is 11.5. The number of benzene rings is 3. The Morgan fingerprint density at radius 2 is 1.70 bits per heavy atom. The molecule has 0 saturated carbocycles. The van der Waals surface area contributed by atoms with Crippen LogP contribution in [0.3, 0.4) is 0 Å². The van der Waals surface area contributed by atoms with Crippen molar-refractivity contribution < 1.29 is 17.6 Å². The summed E-state index contributed by atoms with van der Waals surface area (Å²) in [4.78, 5) is 9.09. The quantitative estimate of drug-likeness (QED) is 0.213. The SMILES string of the molecule is COc1ccc(Cl)c(Nc2nc3ccccc3nc2NS(=O)(=O)c2cccc(-c3nnc(CC(C)(C)N)o3)c2)c1. The normalized spacial score (nSPS) is 11.9. The Morgan fingerprint density at radius 3 is 2.40 bits per heavy atom. The van der Waals surface area contributed by atoms with Crippen LogP contribution in [0.2, 0.25) is 5.02 Å². The molecule has 4 N–H and O–H groups in total. The van der Waals surface area contributed by atoms with Crippen molar-refractivity contribution in [3.8, 4) is 17.2 Å². The van der Waals surface area contributed by atoms with Crippen LogP contribution in [0.15, 0.2) is 76.0 Å². The van der Waals surface area contributed by atoms with Gasteiger partial charge >= 0.3 is 0 Å². The number of nitrogens with two attached hydrogens (primary N) is 1. The van der Waals surface area contributed by atoms with E-state index in [4.69, 9.17) is 26.5 Å². The molecule has 0 fully saturated rings. The fourth-order valence-corrected chi connectivity index (χ4v) is 5.05. The molecule has 0 saturated heterocycles. The zero-order valence-corrected chi connectivity index (χ0v) is 23.4. The van der Waals surface area contributed by atoms with Crippen LogP contribution in [0, 0.1) is 0 Å². The number of para-hydroxylation sites is 2. The van der Waals surface area contributed by atoms with Crippen molar-refractivity contribution >= 4 is 50.0 Å². The van der Waals surface area contributed by atoms with E-state index >= 15 is 0 Å². The van der Waals surface area contributed by atoms with Gasteiger partial charge in [0.1, 0.15) is 5.75 Å². The topological polar surface area (TPSA) is 158 Å². The summed E-state index contributed by atoms with van der Waals surface area (Å²) in [6.07, 6.45) is 0.368. The van der Waals surface area contributed by atoms with Crippen LogP contribution in [0.25, 0.3) is 22.5 Å². The van der Waals surface area contributed by atoms with E-state index in [-0.39, 0.29) is 22.4 Å². The minimum absolute atomic E-state index is 0.0201. The van der Waals surface area contributed by atoms with Gasteiger partial charge in [-0.3, -0.25) is 4.72 Å². The highest BCUT2D eigenvalue weighted by Crippen LogP contribution is 2.33. The van der Waals surface area contributed by atoms with Crippen LogP contribution in [0.5, 0.6) is 5.75 Å². The Bertz CT molecular complexity index is 1800. The molecule has 0 bridgehead atoms. The molecule has 2 aromatic heterocycles. The van der Waals surface area contributed by atoms with Crippen LogP contribution < -0.4 is 20.5 Å². The number of anilines is 3. The number of sulfonamides is 1. The number of nitrogens with zero attached hydrogens (tertiary/aromatic N) is 4. The van der Waals surface area contributed by atoms with Gasteiger partial charge in [0.05, 0.1) is 33.7 Å². The molecule has 3 aromatic carbocycles. The van der Waals surface area contributed by atoms with Gasteiger partial charge in [-0.2, -0.15) is 0 Å². The molecule has 0 aliphatic carbocycles. The number of nitrogens with one attached hydrogen (secondary N) is 2. The van der Waals surface area contributed by atoms with E-state index in [9.17, 15) is 8.42 Å². The van der Waals surface area contributed by atoms with E-state index in [2.05, 4.69) is 30.2 Å². The molecule has 0 spiro atoms. The Hall–Kier alpha value is -4.26. The number of rotatable bonds is 9. The van der Waals surface area contributed by atoms with Crippen molar-refractivity contribution in [2.75, 3.05) is 17.1 Å². The number of hydrogen-bond acceptors (Lipinski definition) is 10. The maximum atomic E-state index is 13.6. The molecule has 0 amide bonds. The van der Waals surface area contributed by atoms with Gasteiger partial charge in [-0.1, -0.05) is 29.8 Å². The van der Waals surface area contributed by atoms with Crippen molar-refractivity contribution in [2.24, 2.45) is 5.73 Å². The summed E-state index contributed by atoms with van der Waals surface area (Å²) in [7, 11) is -2.60. The van der Waals surface area contributed by atoms with E-state index in [1.165, 1.54) is 19.2 Å². The Morgan fingerprint density at radius 1 is 0.975 bits per heavy atom. The van der Waals surface area contributed by atoms with Crippen LogP contribution in [0.4, 0.5) is 17.3 Å².